The molecule has 0 amide bonds. The minimum absolute atomic E-state index is 0.962. The van der Waals surface area contributed by atoms with Crippen molar-refractivity contribution in [3.8, 4) is 0 Å². The summed E-state index contributed by atoms with van der Waals surface area (Å²) in [7, 11) is 2.06. The summed E-state index contributed by atoms with van der Waals surface area (Å²) in [5.74, 6) is 0. The van der Waals surface area contributed by atoms with Crippen LogP contribution >= 0.6 is 11.3 Å². The zero-order valence-corrected chi connectivity index (χ0v) is 8.56. The summed E-state index contributed by atoms with van der Waals surface area (Å²) in [6, 6.07) is 0. The normalized spacial score (nSPS) is 11.8. The third-order valence-corrected chi connectivity index (χ3v) is 2.61. The van der Waals surface area contributed by atoms with E-state index in [1.807, 2.05) is 11.6 Å². The highest BCUT2D eigenvalue weighted by molar-refractivity contribution is 7.13. The lowest BCUT2D eigenvalue weighted by atomic mass is 10.3. The number of hydrogen-bond donors (Lipinski definition) is 0. The van der Waals surface area contributed by atoms with Crippen molar-refractivity contribution in [1.82, 2.24) is 4.98 Å². The van der Waals surface area contributed by atoms with Gasteiger partial charge in [0.2, 0.25) is 0 Å². The summed E-state index contributed by atoms with van der Waals surface area (Å²) < 4.78 is 0. The molecule has 0 bridgehead atoms. The second kappa shape index (κ2) is 4.26. The van der Waals surface area contributed by atoms with Gasteiger partial charge in [0.25, 0.3) is 0 Å². The number of rotatable bonds is 3. The van der Waals surface area contributed by atoms with Crippen molar-refractivity contribution in [2.75, 3.05) is 18.5 Å². The highest BCUT2D eigenvalue weighted by atomic mass is 32.1. The lowest BCUT2D eigenvalue weighted by Gasteiger charge is -2.15. The molecule has 12 heavy (non-hydrogen) atoms. The van der Waals surface area contributed by atoms with Crippen molar-refractivity contribution in [3.05, 3.63) is 23.2 Å². The first-order valence-corrected chi connectivity index (χ1v) is 4.84. The van der Waals surface area contributed by atoms with Crippen molar-refractivity contribution >= 4 is 16.5 Å². The first-order valence-electron chi connectivity index (χ1n) is 3.96. The van der Waals surface area contributed by atoms with Crippen LogP contribution in [0.15, 0.2) is 23.2 Å². The highest BCUT2D eigenvalue weighted by Crippen LogP contribution is 2.16. The fraction of sp³-hybridized carbons (Fsp3) is 0.444. The van der Waals surface area contributed by atoms with Crippen molar-refractivity contribution in [2.24, 2.45) is 0 Å². The van der Waals surface area contributed by atoms with E-state index in [-0.39, 0.29) is 0 Å². The van der Waals surface area contributed by atoms with Gasteiger partial charge in [-0.3, -0.25) is 0 Å². The van der Waals surface area contributed by atoms with Gasteiger partial charge in [-0.1, -0.05) is 11.6 Å². The number of nitrogens with zero attached hydrogens (tertiary/aromatic N) is 2. The molecule has 0 N–H and O–H groups in total. The summed E-state index contributed by atoms with van der Waals surface area (Å²) >= 11 is 1.67. The summed E-state index contributed by atoms with van der Waals surface area (Å²) in [6.07, 6.45) is 3.96. The van der Waals surface area contributed by atoms with E-state index >= 15 is 0 Å². The smallest absolute Gasteiger partial charge is 0.185 e. The maximum Gasteiger partial charge on any atom is 0.185 e. The Bertz CT molecular complexity index is 252. The average molecular weight is 182 g/mol. The zero-order valence-electron chi connectivity index (χ0n) is 7.74. The Morgan fingerprint density at radius 2 is 2.50 bits per heavy atom. The van der Waals surface area contributed by atoms with Crippen molar-refractivity contribution in [1.29, 1.82) is 0 Å². The second-order valence-corrected chi connectivity index (χ2v) is 3.68. The van der Waals surface area contributed by atoms with Crippen LogP contribution in [0.1, 0.15) is 13.8 Å². The van der Waals surface area contributed by atoms with Gasteiger partial charge in [0.1, 0.15) is 0 Å². The van der Waals surface area contributed by atoms with E-state index in [0.717, 1.165) is 11.7 Å². The van der Waals surface area contributed by atoms with E-state index in [2.05, 4.69) is 36.9 Å². The Morgan fingerprint density at radius 3 is 3.00 bits per heavy atom. The standard InChI is InChI=1S/C9H14N2S/c1-4-8(2)7-11(3)9-10-5-6-12-9/h4-6H,7H2,1-3H3. The molecule has 0 aliphatic carbocycles. The van der Waals surface area contributed by atoms with Gasteiger partial charge in [-0.25, -0.2) is 4.98 Å². The molecule has 2 nitrogen and oxygen atoms in total. The molecule has 1 heterocycles. The van der Waals surface area contributed by atoms with Crippen LogP contribution in [-0.2, 0) is 0 Å². The molecule has 0 fully saturated rings. The van der Waals surface area contributed by atoms with E-state index in [0.29, 0.717) is 0 Å². The Balaban J connectivity index is 2.55. The molecule has 0 saturated heterocycles. The monoisotopic (exact) mass is 182 g/mol. The van der Waals surface area contributed by atoms with Crippen LogP contribution in [0.25, 0.3) is 0 Å². The van der Waals surface area contributed by atoms with Crippen LogP contribution in [-0.4, -0.2) is 18.6 Å². The van der Waals surface area contributed by atoms with Crippen LogP contribution < -0.4 is 4.90 Å². The van der Waals surface area contributed by atoms with Crippen LogP contribution in [0, 0.1) is 0 Å². The molecule has 66 valence electrons. The van der Waals surface area contributed by atoms with E-state index < -0.39 is 0 Å². The lowest BCUT2D eigenvalue weighted by Crippen LogP contribution is -2.18. The Hall–Kier alpha value is -0.830. The first kappa shape index (κ1) is 9.26. The third kappa shape index (κ3) is 2.34. The van der Waals surface area contributed by atoms with Gasteiger partial charge in [-0.2, -0.15) is 0 Å². The molecular weight excluding hydrogens is 168 g/mol. The van der Waals surface area contributed by atoms with Gasteiger partial charge < -0.3 is 4.90 Å². The minimum Gasteiger partial charge on any atom is -0.347 e. The fourth-order valence-electron chi connectivity index (χ4n) is 0.937. The molecule has 1 aromatic heterocycles. The van der Waals surface area contributed by atoms with Gasteiger partial charge in [0.15, 0.2) is 5.13 Å². The molecule has 3 heteroatoms. The minimum atomic E-state index is 0.962. The fourth-order valence-corrected chi connectivity index (χ4v) is 1.55. The molecule has 0 aliphatic heterocycles. The van der Waals surface area contributed by atoms with Crippen molar-refractivity contribution < 1.29 is 0 Å². The Kier molecular flexibility index (Phi) is 3.29. The van der Waals surface area contributed by atoms with Crippen molar-refractivity contribution in [2.45, 2.75) is 13.8 Å². The van der Waals surface area contributed by atoms with Crippen LogP contribution in [0.5, 0.6) is 0 Å². The molecule has 0 saturated carbocycles. The van der Waals surface area contributed by atoms with E-state index in [4.69, 9.17) is 0 Å². The van der Waals surface area contributed by atoms with Crippen molar-refractivity contribution in [3.63, 3.8) is 0 Å². The summed E-state index contributed by atoms with van der Waals surface area (Å²) in [4.78, 5) is 6.37. The summed E-state index contributed by atoms with van der Waals surface area (Å²) in [5, 5.41) is 3.08. The Labute approximate surface area is 77.6 Å². The number of hydrogen-bond acceptors (Lipinski definition) is 3. The second-order valence-electron chi connectivity index (χ2n) is 2.81. The molecule has 1 aromatic rings. The van der Waals surface area contributed by atoms with Gasteiger partial charge >= 0.3 is 0 Å². The highest BCUT2D eigenvalue weighted by Gasteiger charge is 2.02. The maximum absolute atomic E-state index is 4.22. The maximum atomic E-state index is 4.22. The Morgan fingerprint density at radius 1 is 1.75 bits per heavy atom. The predicted molar refractivity (Wildman–Crippen MR) is 54.8 cm³/mol. The SMILES string of the molecule is CC=C(C)CN(C)c1nccs1. The molecular formula is C9H14N2S. The molecule has 1 rings (SSSR count). The van der Waals surface area contributed by atoms with Gasteiger partial charge in [0.05, 0.1) is 0 Å². The number of likely N-dealkylation sites (N-methyl/N-ethyl adjacent to an activating group) is 1. The van der Waals surface area contributed by atoms with Gasteiger partial charge in [-0.05, 0) is 13.8 Å². The number of thiazole rings is 1. The van der Waals surface area contributed by atoms with Crippen LogP contribution in [0.2, 0.25) is 0 Å². The number of aromatic nitrogens is 1. The number of allylic oxidation sites excluding steroid dienone is 1. The van der Waals surface area contributed by atoms with E-state index in [9.17, 15) is 0 Å². The molecule has 0 unspecified atom stereocenters. The summed E-state index contributed by atoms with van der Waals surface area (Å²) in [6.45, 7) is 5.15. The zero-order chi connectivity index (χ0) is 8.97. The van der Waals surface area contributed by atoms with Gasteiger partial charge in [0, 0.05) is 25.2 Å². The summed E-state index contributed by atoms with van der Waals surface area (Å²) in [5.41, 5.74) is 1.37. The quantitative estimate of drug-likeness (QED) is 0.668. The predicted octanol–water partition coefficient (Wildman–Crippen LogP) is 2.55. The van der Waals surface area contributed by atoms with E-state index in [1.54, 1.807) is 11.3 Å². The van der Waals surface area contributed by atoms with E-state index in [1.165, 1.54) is 5.57 Å². The van der Waals surface area contributed by atoms with Crippen LogP contribution in [0.4, 0.5) is 5.13 Å². The molecule has 0 spiro atoms. The average Bonchev–Trinajstić information content (AvgIpc) is 2.56. The van der Waals surface area contributed by atoms with Gasteiger partial charge in [-0.15, -0.1) is 11.3 Å². The molecule has 0 aromatic carbocycles. The number of anilines is 1. The molecule has 0 aliphatic rings. The molecule has 0 atom stereocenters. The third-order valence-electron chi connectivity index (χ3n) is 1.73. The molecule has 0 radical (unpaired) electrons. The lowest BCUT2D eigenvalue weighted by molar-refractivity contribution is 0.968. The first-order chi connectivity index (χ1) is 5.74. The topological polar surface area (TPSA) is 16.1 Å². The van der Waals surface area contributed by atoms with Crippen LogP contribution in [0.3, 0.4) is 0 Å². The largest absolute Gasteiger partial charge is 0.347 e.